The summed E-state index contributed by atoms with van der Waals surface area (Å²) in [4.78, 5) is 22.9. The number of esters is 1. The molecule has 0 aliphatic heterocycles. The first-order valence-corrected chi connectivity index (χ1v) is 6.90. The molecule has 108 valence electrons. The van der Waals surface area contributed by atoms with Gasteiger partial charge in [-0.15, -0.1) is 0 Å². The van der Waals surface area contributed by atoms with E-state index >= 15 is 0 Å². The predicted octanol–water partition coefficient (Wildman–Crippen LogP) is 1.27. The number of anilines is 1. The van der Waals surface area contributed by atoms with Crippen molar-refractivity contribution in [2.75, 3.05) is 18.9 Å². The molecule has 5 nitrogen and oxygen atoms in total. The van der Waals surface area contributed by atoms with Crippen LogP contribution in [0.2, 0.25) is 0 Å². The molecule has 1 aromatic rings. The van der Waals surface area contributed by atoms with Crippen LogP contribution in [0, 0.1) is 5.92 Å². The number of carbonyl (C=O) groups excluding carboxylic acids is 2. The molecule has 5 heteroatoms. The van der Waals surface area contributed by atoms with Crippen LogP contribution in [-0.2, 0) is 20.7 Å². The van der Waals surface area contributed by atoms with Gasteiger partial charge in [0.05, 0.1) is 0 Å². The average Bonchev–Trinajstić information content (AvgIpc) is 3.25. The largest absolute Gasteiger partial charge is 0.456 e. The van der Waals surface area contributed by atoms with E-state index in [1.54, 1.807) is 6.07 Å². The maximum absolute atomic E-state index is 11.5. The van der Waals surface area contributed by atoms with Gasteiger partial charge in [-0.1, -0.05) is 12.1 Å². The van der Waals surface area contributed by atoms with E-state index in [1.165, 1.54) is 12.8 Å². The number of hydrogen-bond acceptors (Lipinski definition) is 4. The predicted molar refractivity (Wildman–Crippen MR) is 75.9 cm³/mol. The molecule has 3 N–H and O–H groups in total. The molecule has 0 saturated heterocycles. The van der Waals surface area contributed by atoms with Crippen LogP contribution in [0.25, 0.3) is 0 Å². The molecule has 2 rings (SSSR count). The number of nitrogens with one attached hydrogen (secondary N) is 1. The molecule has 1 amide bonds. The zero-order chi connectivity index (χ0) is 14.4. The highest BCUT2D eigenvalue weighted by molar-refractivity contribution is 5.80. The van der Waals surface area contributed by atoms with Crippen molar-refractivity contribution in [1.82, 2.24) is 5.32 Å². The Bertz CT molecular complexity index is 484. The van der Waals surface area contributed by atoms with Gasteiger partial charge in [-0.25, -0.2) is 0 Å². The molecule has 0 spiro atoms. The minimum Gasteiger partial charge on any atom is -0.456 e. The zero-order valence-electron chi connectivity index (χ0n) is 11.4. The van der Waals surface area contributed by atoms with E-state index in [2.05, 4.69) is 5.32 Å². The maximum Gasteiger partial charge on any atom is 0.306 e. The van der Waals surface area contributed by atoms with Crippen LogP contribution in [0.5, 0.6) is 0 Å². The number of aryl methyl sites for hydroxylation is 1. The number of ether oxygens (including phenoxy) is 1. The van der Waals surface area contributed by atoms with Crippen LogP contribution in [-0.4, -0.2) is 25.0 Å². The Morgan fingerprint density at radius 2 is 2.15 bits per heavy atom. The lowest BCUT2D eigenvalue weighted by Gasteiger charge is -2.06. The fraction of sp³-hybridized carbons (Fsp3) is 0.467. The van der Waals surface area contributed by atoms with Crippen molar-refractivity contribution < 1.29 is 14.3 Å². The molecule has 0 bridgehead atoms. The number of carbonyl (C=O) groups is 2. The third-order valence-electron chi connectivity index (χ3n) is 3.22. The Balaban J connectivity index is 1.60. The van der Waals surface area contributed by atoms with Crippen molar-refractivity contribution in [3.8, 4) is 0 Å². The van der Waals surface area contributed by atoms with Gasteiger partial charge in [0.15, 0.2) is 6.61 Å². The van der Waals surface area contributed by atoms with E-state index in [4.69, 9.17) is 10.5 Å². The van der Waals surface area contributed by atoms with Gasteiger partial charge in [-0.2, -0.15) is 0 Å². The van der Waals surface area contributed by atoms with Gasteiger partial charge in [0.25, 0.3) is 5.91 Å². The molecular weight excluding hydrogens is 256 g/mol. The van der Waals surface area contributed by atoms with Crippen molar-refractivity contribution in [3.63, 3.8) is 0 Å². The summed E-state index contributed by atoms with van der Waals surface area (Å²) < 4.78 is 4.93. The van der Waals surface area contributed by atoms with Gasteiger partial charge in [0, 0.05) is 18.7 Å². The highest BCUT2D eigenvalue weighted by Crippen LogP contribution is 2.27. The Kier molecular flexibility index (Phi) is 4.98. The van der Waals surface area contributed by atoms with E-state index < -0.39 is 0 Å². The molecule has 0 aromatic heterocycles. The summed E-state index contributed by atoms with van der Waals surface area (Å²) in [7, 11) is 0. The maximum atomic E-state index is 11.5. The zero-order valence-corrected chi connectivity index (χ0v) is 11.4. The van der Waals surface area contributed by atoms with Crippen LogP contribution in [0.15, 0.2) is 24.3 Å². The Labute approximate surface area is 118 Å². The SMILES string of the molecule is Nc1cccc(CCC(=O)OCC(=O)NCC2CC2)c1. The molecule has 1 aliphatic rings. The molecule has 0 unspecified atom stereocenters. The fourth-order valence-electron chi connectivity index (χ4n) is 1.84. The lowest BCUT2D eigenvalue weighted by atomic mass is 10.1. The van der Waals surface area contributed by atoms with E-state index in [9.17, 15) is 9.59 Å². The molecule has 0 atom stereocenters. The summed E-state index contributed by atoms with van der Waals surface area (Å²) in [5.74, 6) is 0.0291. The second-order valence-electron chi connectivity index (χ2n) is 5.15. The number of benzene rings is 1. The van der Waals surface area contributed by atoms with Gasteiger partial charge in [-0.3, -0.25) is 9.59 Å². The number of amides is 1. The lowest BCUT2D eigenvalue weighted by molar-refractivity contribution is -0.148. The van der Waals surface area contributed by atoms with Crippen molar-refractivity contribution in [2.45, 2.75) is 25.7 Å². The van der Waals surface area contributed by atoms with Gasteiger partial charge in [-0.05, 0) is 42.9 Å². The lowest BCUT2D eigenvalue weighted by Crippen LogP contribution is -2.30. The van der Waals surface area contributed by atoms with E-state index in [-0.39, 0.29) is 24.9 Å². The fourth-order valence-corrected chi connectivity index (χ4v) is 1.84. The van der Waals surface area contributed by atoms with E-state index in [0.29, 0.717) is 24.6 Å². The molecule has 20 heavy (non-hydrogen) atoms. The summed E-state index contributed by atoms with van der Waals surface area (Å²) in [6, 6.07) is 7.38. The Hall–Kier alpha value is -2.04. The van der Waals surface area contributed by atoms with Gasteiger partial charge in [0.1, 0.15) is 0 Å². The summed E-state index contributed by atoms with van der Waals surface area (Å²) in [6.45, 7) is 0.502. The number of nitrogen functional groups attached to an aromatic ring is 1. The smallest absolute Gasteiger partial charge is 0.306 e. The summed E-state index contributed by atoms with van der Waals surface area (Å²) in [5, 5.41) is 2.75. The first-order valence-electron chi connectivity index (χ1n) is 6.90. The molecule has 0 radical (unpaired) electrons. The summed E-state index contributed by atoms with van der Waals surface area (Å²) in [6.07, 6.45) is 3.17. The first-order chi connectivity index (χ1) is 9.63. The first kappa shape index (κ1) is 14.4. The second kappa shape index (κ2) is 6.93. The normalized spacial score (nSPS) is 13.8. The Morgan fingerprint density at radius 3 is 2.85 bits per heavy atom. The minimum atomic E-state index is -0.367. The molecule has 1 saturated carbocycles. The number of rotatable bonds is 7. The molecular formula is C15H20N2O3. The van der Waals surface area contributed by atoms with Crippen molar-refractivity contribution in [1.29, 1.82) is 0 Å². The third kappa shape index (κ3) is 5.30. The van der Waals surface area contributed by atoms with Gasteiger partial charge >= 0.3 is 5.97 Å². The molecule has 0 heterocycles. The molecule has 1 fully saturated rings. The topological polar surface area (TPSA) is 81.4 Å². The monoisotopic (exact) mass is 276 g/mol. The number of hydrogen-bond donors (Lipinski definition) is 2. The second-order valence-corrected chi connectivity index (χ2v) is 5.15. The Morgan fingerprint density at radius 1 is 1.35 bits per heavy atom. The third-order valence-corrected chi connectivity index (χ3v) is 3.22. The minimum absolute atomic E-state index is 0.192. The standard InChI is InChI=1S/C15H20N2O3/c16-13-3-1-2-11(8-13)6-7-15(19)20-10-14(18)17-9-12-4-5-12/h1-3,8,12H,4-7,9-10,16H2,(H,17,18). The van der Waals surface area contributed by atoms with Crippen LogP contribution < -0.4 is 11.1 Å². The quantitative estimate of drug-likeness (QED) is 0.580. The van der Waals surface area contributed by atoms with Gasteiger partial charge < -0.3 is 15.8 Å². The van der Waals surface area contributed by atoms with Crippen molar-refractivity contribution in [2.24, 2.45) is 5.92 Å². The molecule has 1 aromatic carbocycles. The summed E-state index contributed by atoms with van der Waals surface area (Å²) in [5.41, 5.74) is 7.32. The highest BCUT2D eigenvalue weighted by Gasteiger charge is 2.21. The van der Waals surface area contributed by atoms with Crippen LogP contribution >= 0.6 is 0 Å². The van der Waals surface area contributed by atoms with Crippen LogP contribution in [0.4, 0.5) is 5.69 Å². The van der Waals surface area contributed by atoms with Crippen LogP contribution in [0.3, 0.4) is 0 Å². The van der Waals surface area contributed by atoms with Crippen molar-refractivity contribution in [3.05, 3.63) is 29.8 Å². The highest BCUT2D eigenvalue weighted by atomic mass is 16.5. The molecule has 1 aliphatic carbocycles. The number of nitrogens with two attached hydrogens (primary N) is 1. The van der Waals surface area contributed by atoms with E-state index in [1.807, 2.05) is 18.2 Å². The van der Waals surface area contributed by atoms with Crippen LogP contribution in [0.1, 0.15) is 24.8 Å². The van der Waals surface area contributed by atoms with Crippen molar-refractivity contribution >= 4 is 17.6 Å². The van der Waals surface area contributed by atoms with E-state index in [0.717, 1.165) is 5.56 Å². The van der Waals surface area contributed by atoms with Gasteiger partial charge in [0.2, 0.25) is 0 Å². The summed E-state index contributed by atoms with van der Waals surface area (Å²) >= 11 is 0. The average molecular weight is 276 g/mol.